The minimum absolute atomic E-state index is 0.00215. The first kappa shape index (κ1) is 13.4. The molecule has 0 aromatic heterocycles. The zero-order chi connectivity index (χ0) is 13.7. The molecule has 0 bridgehead atoms. The van der Waals surface area contributed by atoms with Gasteiger partial charge in [0.2, 0.25) is 0 Å². The SMILES string of the molecule is CC1(C)CCS(=O)(=O)c2c(Cl)cc(C(=O)O)cc21. The third-order valence-electron chi connectivity index (χ3n) is 3.33. The van der Waals surface area contributed by atoms with E-state index in [9.17, 15) is 13.2 Å². The summed E-state index contributed by atoms with van der Waals surface area (Å²) in [6.45, 7) is 3.78. The van der Waals surface area contributed by atoms with E-state index < -0.39 is 21.2 Å². The van der Waals surface area contributed by atoms with Crippen LogP contribution in [0.5, 0.6) is 0 Å². The van der Waals surface area contributed by atoms with Crippen molar-refractivity contribution in [3.05, 3.63) is 28.3 Å². The first-order valence-corrected chi connectivity index (χ1v) is 7.48. The van der Waals surface area contributed by atoms with E-state index in [0.717, 1.165) is 0 Å². The largest absolute Gasteiger partial charge is 0.478 e. The molecule has 0 saturated heterocycles. The summed E-state index contributed by atoms with van der Waals surface area (Å²) in [6, 6.07) is 2.61. The lowest BCUT2D eigenvalue weighted by Crippen LogP contribution is -2.31. The first-order valence-electron chi connectivity index (χ1n) is 5.45. The maximum atomic E-state index is 12.0. The average molecular weight is 289 g/mol. The fourth-order valence-electron chi connectivity index (χ4n) is 2.16. The summed E-state index contributed by atoms with van der Waals surface area (Å²) in [5, 5.41) is 9.00. The number of hydrogen-bond donors (Lipinski definition) is 1. The van der Waals surface area contributed by atoms with Crippen LogP contribution in [0.2, 0.25) is 5.02 Å². The van der Waals surface area contributed by atoms with Gasteiger partial charge in [0.1, 0.15) is 0 Å². The third kappa shape index (κ3) is 2.01. The van der Waals surface area contributed by atoms with Crippen LogP contribution in [0, 0.1) is 0 Å². The maximum Gasteiger partial charge on any atom is 0.335 e. The topological polar surface area (TPSA) is 71.4 Å². The van der Waals surface area contributed by atoms with Crippen molar-refractivity contribution in [2.75, 3.05) is 5.75 Å². The van der Waals surface area contributed by atoms with Crippen molar-refractivity contribution in [1.29, 1.82) is 0 Å². The number of carboxylic acids is 1. The minimum atomic E-state index is -3.41. The number of aromatic carboxylic acids is 1. The van der Waals surface area contributed by atoms with Crippen molar-refractivity contribution in [1.82, 2.24) is 0 Å². The quantitative estimate of drug-likeness (QED) is 0.862. The fraction of sp³-hybridized carbons (Fsp3) is 0.417. The molecule has 0 unspecified atom stereocenters. The summed E-state index contributed by atoms with van der Waals surface area (Å²) >= 11 is 5.96. The molecule has 0 atom stereocenters. The van der Waals surface area contributed by atoms with Gasteiger partial charge >= 0.3 is 5.97 Å². The van der Waals surface area contributed by atoms with Crippen LogP contribution in [0.25, 0.3) is 0 Å². The van der Waals surface area contributed by atoms with E-state index in [1.165, 1.54) is 12.1 Å². The van der Waals surface area contributed by atoms with Crippen LogP contribution in [-0.4, -0.2) is 25.2 Å². The summed E-state index contributed by atoms with van der Waals surface area (Å²) in [4.78, 5) is 11.1. The molecule has 1 N–H and O–H groups in total. The molecule has 98 valence electrons. The summed E-state index contributed by atoms with van der Waals surface area (Å²) in [6.07, 6.45) is 0.460. The highest BCUT2D eigenvalue weighted by Crippen LogP contribution is 2.42. The van der Waals surface area contributed by atoms with Crippen molar-refractivity contribution in [3.8, 4) is 0 Å². The van der Waals surface area contributed by atoms with Crippen LogP contribution in [-0.2, 0) is 15.3 Å². The highest BCUT2D eigenvalue weighted by Gasteiger charge is 2.37. The zero-order valence-corrected chi connectivity index (χ0v) is 11.6. The Balaban J connectivity index is 2.84. The number of halogens is 1. The van der Waals surface area contributed by atoms with E-state index in [2.05, 4.69) is 0 Å². The van der Waals surface area contributed by atoms with E-state index in [1.807, 2.05) is 13.8 Å². The third-order valence-corrected chi connectivity index (χ3v) is 5.54. The smallest absolute Gasteiger partial charge is 0.335 e. The Hall–Kier alpha value is -1.07. The standard InChI is InChI=1S/C12H13ClO4S/c1-12(2)3-4-18(16,17)10-8(12)5-7(11(14)15)6-9(10)13/h5-6H,3-4H2,1-2H3,(H,14,15). The number of hydrogen-bond acceptors (Lipinski definition) is 3. The Bertz CT molecular complexity index is 632. The second-order valence-corrected chi connectivity index (χ2v) is 7.55. The molecule has 2 rings (SSSR count). The van der Waals surface area contributed by atoms with Gasteiger partial charge in [0.25, 0.3) is 0 Å². The van der Waals surface area contributed by atoms with Gasteiger partial charge in [-0.1, -0.05) is 25.4 Å². The fourth-order valence-corrected chi connectivity index (χ4v) is 4.74. The predicted octanol–water partition coefficient (Wildman–Crippen LogP) is 2.49. The maximum absolute atomic E-state index is 12.0. The molecule has 0 amide bonds. The lowest BCUT2D eigenvalue weighted by molar-refractivity contribution is 0.0696. The van der Waals surface area contributed by atoms with Crippen LogP contribution in [0.1, 0.15) is 36.2 Å². The molecule has 1 aliphatic rings. The van der Waals surface area contributed by atoms with Crippen molar-refractivity contribution in [3.63, 3.8) is 0 Å². The van der Waals surface area contributed by atoms with Crippen LogP contribution in [0.15, 0.2) is 17.0 Å². The van der Waals surface area contributed by atoms with Crippen molar-refractivity contribution < 1.29 is 18.3 Å². The Morgan fingerprint density at radius 3 is 2.56 bits per heavy atom. The lowest BCUT2D eigenvalue weighted by atomic mass is 9.81. The van der Waals surface area contributed by atoms with E-state index in [0.29, 0.717) is 12.0 Å². The predicted molar refractivity (Wildman–Crippen MR) is 68.1 cm³/mol. The molecule has 6 heteroatoms. The first-order chi connectivity index (χ1) is 8.15. The normalized spacial score (nSPS) is 20.2. The number of sulfone groups is 1. The van der Waals surface area contributed by atoms with E-state index in [-0.39, 0.29) is 21.2 Å². The average Bonchev–Trinajstić information content (AvgIpc) is 2.23. The van der Waals surface area contributed by atoms with Gasteiger partial charge in [0.05, 0.1) is 21.2 Å². The Kier molecular flexibility index (Phi) is 2.94. The molecule has 1 aliphatic heterocycles. The van der Waals surface area contributed by atoms with Gasteiger partial charge in [0.15, 0.2) is 9.84 Å². The monoisotopic (exact) mass is 288 g/mol. The molecular formula is C12H13ClO4S. The number of fused-ring (bicyclic) bond motifs is 1. The van der Waals surface area contributed by atoms with Gasteiger partial charge < -0.3 is 5.11 Å². The molecule has 4 nitrogen and oxygen atoms in total. The number of benzene rings is 1. The summed E-state index contributed by atoms with van der Waals surface area (Å²) in [5.41, 5.74) is 0.123. The molecular weight excluding hydrogens is 276 g/mol. The van der Waals surface area contributed by atoms with Crippen LogP contribution in [0.3, 0.4) is 0 Å². The van der Waals surface area contributed by atoms with Crippen molar-refractivity contribution in [2.24, 2.45) is 0 Å². The number of rotatable bonds is 1. The highest BCUT2D eigenvalue weighted by molar-refractivity contribution is 7.91. The molecule has 18 heavy (non-hydrogen) atoms. The zero-order valence-electron chi connectivity index (χ0n) is 10.0. The van der Waals surface area contributed by atoms with Crippen LogP contribution < -0.4 is 0 Å². The van der Waals surface area contributed by atoms with Crippen molar-refractivity contribution >= 4 is 27.4 Å². The molecule has 1 aromatic carbocycles. The molecule has 1 heterocycles. The highest BCUT2D eigenvalue weighted by atomic mass is 35.5. The van der Waals surface area contributed by atoms with E-state index in [1.54, 1.807) is 0 Å². The molecule has 0 fully saturated rings. The molecule has 0 aliphatic carbocycles. The summed E-state index contributed by atoms with van der Waals surface area (Å²) in [7, 11) is -3.41. The van der Waals surface area contributed by atoms with Gasteiger partial charge in [-0.15, -0.1) is 0 Å². The van der Waals surface area contributed by atoms with Gasteiger partial charge in [-0.3, -0.25) is 0 Å². The molecule has 0 spiro atoms. The van der Waals surface area contributed by atoms with Crippen LogP contribution >= 0.6 is 11.6 Å². The Labute approximate surface area is 110 Å². The van der Waals surface area contributed by atoms with Gasteiger partial charge in [-0.05, 0) is 29.5 Å². The number of carboxylic acid groups (broad SMARTS) is 1. The second kappa shape index (κ2) is 3.96. The lowest BCUT2D eigenvalue weighted by Gasteiger charge is -2.32. The number of carbonyl (C=O) groups is 1. The van der Waals surface area contributed by atoms with Gasteiger partial charge in [-0.25, -0.2) is 13.2 Å². The van der Waals surface area contributed by atoms with Crippen molar-refractivity contribution in [2.45, 2.75) is 30.6 Å². The summed E-state index contributed by atoms with van der Waals surface area (Å²) < 4.78 is 24.1. The molecule has 0 radical (unpaired) electrons. The Morgan fingerprint density at radius 1 is 1.39 bits per heavy atom. The van der Waals surface area contributed by atoms with E-state index >= 15 is 0 Å². The summed E-state index contributed by atoms with van der Waals surface area (Å²) in [5.74, 6) is -1.07. The molecule has 0 saturated carbocycles. The van der Waals surface area contributed by atoms with E-state index in [4.69, 9.17) is 16.7 Å². The minimum Gasteiger partial charge on any atom is -0.478 e. The van der Waals surface area contributed by atoms with Gasteiger partial charge in [0, 0.05) is 0 Å². The van der Waals surface area contributed by atoms with Gasteiger partial charge in [-0.2, -0.15) is 0 Å². The Morgan fingerprint density at radius 2 is 2.00 bits per heavy atom. The van der Waals surface area contributed by atoms with Crippen LogP contribution in [0.4, 0.5) is 0 Å². The molecule has 1 aromatic rings. The second-order valence-electron chi connectivity index (χ2n) is 5.09.